The molecule has 1 saturated heterocycles. The Morgan fingerprint density at radius 2 is 2.00 bits per heavy atom. The summed E-state index contributed by atoms with van der Waals surface area (Å²) >= 11 is 6.41. The Hall–Kier alpha value is -3.06. The van der Waals surface area contributed by atoms with Gasteiger partial charge in [-0.05, 0) is 50.8 Å². The Morgan fingerprint density at radius 3 is 2.73 bits per heavy atom. The summed E-state index contributed by atoms with van der Waals surface area (Å²) in [5, 5.41) is 4.60. The first kappa shape index (κ1) is 23.1. The summed E-state index contributed by atoms with van der Waals surface area (Å²) < 4.78 is 10.9. The summed E-state index contributed by atoms with van der Waals surface area (Å²) in [5.41, 5.74) is 3.18. The zero-order valence-electron chi connectivity index (χ0n) is 19.4. The molecule has 1 N–H and O–H groups in total. The fraction of sp³-hybridized carbons (Fsp3) is 0.400. The number of anilines is 2. The number of amides is 1. The highest BCUT2D eigenvalue weighted by atomic mass is 35.5. The van der Waals surface area contributed by atoms with E-state index in [4.69, 9.17) is 21.1 Å². The van der Waals surface area contributed by atoms with Gasteiger partial charge in [-0.2, -0.15) is 0 Å². The molecule has 174 valence electrons. The van der Waals surface area contributed by atoms with Gasteiger partial charge in [-0.15, -0.1) is 0 Å². The van der Waals surface area contributed by atoms with Gasteiger partial charge in [-0.3, -0.25) is 4.79 Å². The van der Waals surface area contributed by atoms with Crippen LogP contribution in [0.4, 0.5) is 11.4 Å². The maximum absolute atomic E-state index is 13.8. The normalized spacial score (nSPS) is 16.0. The molecular formula is C25H29ClN4O3. The van der Waals surface area contributed by atoms with Crippen LogP contribution in [-0.4, -0.2) is 47.6 Å². The van der Waals surface area contributed by atoms with Gasteiger partial charge in [0.15, 0.2) is 5.65 Å². The summed E-state index contributed by atoms with van der Waals surface area (Å²) in [6, 6.07) is 7.54. The van der Waals surface area contributed by atoms with E-state index in [1.54, 1.807) is 32.5 Å². The van der Waals surface area contributed by atoms with Crippen molar-refractivity contribution < 1.29 is 14.3 Å². The number of benzene rings is 1. The van der Waals surface area contributed by atoms with E-state index in [-0.39, 0.29) is 11.9 Å². The SMILES string of the molecule is CCC1CCCCN1C(=O)c1cnc2nc(C)ccc2c1Nc1cc(Cl)c(OC)cc1OC. The molecule has 1 aliphatic heterocycles. The Labute approximate surface area is 199 Å². The van der Waals surface area contributed by atoms with Crippen LogP contribution in [0, 0.1) is 6.92 Å². The van der Waals surface area contributed by atoms with E-state index >= 15 is 0 Å². The van der Waals surface area contributed by atoms with Gasteiger partial charge in [0.25, 0.3) is 5.91 Å². The van der Waals surface area contributed by atoms with Gasteiger partial charge in [0.1, 0.15) is 11.5 Å². The number of likely N-dealkylation sites (tertiary alicyclic amines) is 1. The van der Waals surface area contributed by atoms with Crippen LogP contribution in [0.15, 0.2) is 30.5 Å². The lowest BCUT2D eigenvalue weighted by molar-refractivity contribution is 0.0609. The average molecular weight is 469 g/mol. The number of aromatic nitrogens is 2. The second-order valence-electron chi connectivity index (χ2n) is 8.24. The third-order valence-electron chi connectivity index (χ3n) is 6.19. The molecule has 1 unspecified atom stereocenters. The van der Waals surface area contributed by atoms with E-state index in [9.17, 15) is 4.79 Å². The topological polar surface area (TPSA) is 76.6 Å². The van der Waals surface area contributed by atoms with Crippen molar-refractivity contribution in [2.75, 3.05) is 26.1 Å². The molecule has 0 radical (unpaired) electrons. The molecule has 33 heavy (non-hydrogen) atoms. The highest BCUT2D eigenvalue weighted by Crippen LogP contribution is 2.39. The third-order valence-corrected chi connectivity index (χ3v) is 6.49. The molecule has 0 saturated carbocycles. The molecule has 1 aromatic carbocycles. The lowest BCUT2D eigenvalue weighted by Crippen LogP contribution is -2.43. The largest absolute Gasteiger partial charge is 0.495 e. The quantitative estimate of drug-likeness (QED) is 0.495. The van der Waals surface area contributed by atoms with Gasteiger partial charge in [-0.25, -0.2) is 9.97 Å². The molecule has 3 heterocycles. The molecule has 1 amide bonds. The van der Waals surface area contributed by atoms with Crippen LogP contribution in [0.2, 0.25) is 5.02 Å². The van der Waals surface area contributed by atoms with E-state index in [1.807, 2.05) is 24.0 Å². The van der Waals surface area contributed by atoms with Crippen LogP contribution < -0.4 is 14.8 Å². The maximum atomic E-state index is 13.8. The summed E-state index contributed by atoms with van der Waals surface area (Å²) in [6.07, 6.45) is 5.73. The first-order valence-electron chi connectivity index (χ1n) is 11.2. The molecule has 7 nitrogen and oxygen atoms in total. The summed E-state index contributed by atoms with van der Waals surface area (Å²) in [6.45, 7) is 4.79. The molecule has 1 aliphatic rings. The number of carbonyl (C=O) groups excluding carboxylic acids is 1. The zero-order valence-corrected chi connectivity index (χ0v) is 20.2. The van der Waals surface area contributed by atoms with Crippen LogP contribution in [0.1, 0.15) is 48.7 Å². The highest BCUT2D eigenvalue weighted by Gasteiger charge is 2.29. The predicted octanol–water partition coefficient (Wildman–Crippen LogP) is 5.76. The number of halogens is 1. The van der Waals surface area contributed by atoms with Gasteiger partial charge in [0.05, 0.1) is 36.2 Å². The Balaban J connectivity index is 1.85. The monoisotopic (exact) mass is 468 g/mol. The number of pyridine rings is 2. The number of nitrogens with one attached hydrogen (secondary N) is 1. The minimum absolute atomic E-state index is 0.0300. The van der Waals surface area contributed by atoms with Crippen LogP contribution in [0.3, 0.4) is 0 Å². The fourth-order valence-corrected chi connectivity index (χ4v) is 4.65. The third kappa shape index (κ3) is 4.55. The van der Waals surface area contributed by atoms with Crippen molar-refractivity contribution in [1.29, 1.82) is 0 Å². The summed E-state index contributed by atoms with van der Waals surface area (Å²) in [5.74, 6) is 1.02. The summed E-state index contributed by atoms with van der Waals surface area (Å²) in [7, 11) is 3.13. The second-order valence-corrected chi connectivity index (χ2v) is 8.65. The van der Waals surface area contributed by atoms with Crippen molar-refractivity contribution in [2.45, 2.75) is 45.6 Å². The molecule has 2 aromatic heterocycles. The number of fused-ring (bicyclic) bond motifs is 1. The minimum Gasteiger partial charge on any atom is -0.495 e. The number of hydrogen-bond donors (Lipinski definition) is 1. The van der Waals surface area contributed by atoms with Crippen LogP contribution in [0.5, 0.6) is 11.5 Å². The van der Waals surface area contributed by atoms with E-state index in [0.29, 0.717) is 39.1 Å². The molecule has 0 aliphatic carbocycles. The molecule has 3 aromatic rings. The van der Waals surface area contributed by atoms with Gasteiger partial charge in [0.2, 0.25) is 0 Å². The fourth-order valence-electron chi connectivity index (χ4n) is 4.41. The molecule has 1 fully saturated rings. The number of nitrogens with zero attached hydrogens (tertiary/aromatic N) is 3. The number of ether oxygens (including phenoxy) is 2. The zero-order chi connectivity index (χ0) is 23.5. The second kappa shape index (κ2) is 9.83. The van der Waals surface area contributed by atoms with Gasteiger partial charge >= 0.3 is 0 Å². The number of aryl methyl sites for hydroxylation is 1. The summed E-state index contributed by atoms with van der Waals surface area (Å²) in [4.78, 5) is 24.8. The van der Waals surface area contributed by atoms with Crippen molar-refractivity contribution in [3.63, 3.8) is 0 Å². The predicted molar refractivity (Wildman–Crippen MR) is 131 cm³/mol. The lowest BCUT2D eigenvalue weighted by atomic mass is 9.98. The first-order chi connectivity index (χ1) is 16.0. The van der Waals surface area contributed by atoms with Crippen molar-refractivity contribution in [2.24, 2.45) is 0 Å². The first-order valence-corrected chi connectivity index (χ1v) is 11.6. The molecular weight excluding hydrogens is 440 g/mol. The number of methoxy groups -OCH3 is 2. The lowest BCUT2D eigenvalue weighted by Gasteiger charge is -2.35. The van der Waals surface area contributed by atoms with E-state index in [0.717, 1.165) is 43.3 Å². The van der Waals surface area contributed by atoms with Crippen molar-refractivity contribution in [1.82, 2.24) is 14.9 Å². The molecule has 1 atom stereocenters. The molecule has 8 heteroatoms. The number of rotatable bonds is 6. The smallest absolute Gasteiger partial charge is 0.257 e. The molecule has 0 spiro atoms. The van der Waals surface area contributed by atoms with E-state index in [2.05, 4.69) is 22.2 Å². The molecule has 4 rings (SSSR count). The van der Waals surface area contributed by atoms with Crippen molar-refractivity contribution in [3.05, 3.63) is 46.7 Å². The van der Waals surface area contributed by atoms with Crippen LogP contribution >= 0.6 is 11.6 Å². The number of piperidine rings is 1. The molecule has 0 bridgehead atoms. The van der Waals surface area contributed by atoms with Crippen molar-refractivity contribution >= 4 is 39.9 Å². The van der Waals surface area contributed by atoms with Crippen LogP contribution in [0.25, 0.3) is 11.0 Å². The van der Waals surface area contributed by atoms with E-state index in [1.165, 1.54) is 0 Å². The Bertz CT molecular complexity index is 1180. The van der Waals surface area contributed by atoms with Crippen molar-refractivity contribution in [3.8, 4) is 11.5 Å². The number of carbonyl (C=O) groups is 1. The van der Waals surface area contributed by atoms with Gasteiger partial charge in [-0.1, -0.05) is 18.5 Å². The van der Waals surface area contributed by atoms with Crippen LogP contribution in [-0.2, 0) is 0 Å². The standard InChI is InChI=1S/C25H29ClN4O3/c1-5-16-8-6-7-11-30(16)25(31)18-14-27-24-17(10-9-15(2)28-24)23(18)29-20-12-19(26)21(32-3)13-22(20)33-4/h9-10,12-14,16H,5-8,11H2,1-4H3,(H,27,28,29). The Morgan fingerprint density at radius 1 is 1.21 bits per heavy atom. The maximum Gasteiger partial charge on any atom is 0.257 e. The Kier molecular flexibility index (Phi) is 6.88. The van der Waals surface area contributed by atoms with Gasteiger partial charge < -0.3 is 19.7 Å². The van der Waals surface area contributed by atoms with E-state index < -0.39 is 0 Å². The van der Waals surface area contributed by atoms with Gasteiger partial charge in [0, 0.05) is 35.9 Å². The minimum atomic E-state index is -0.0300. The highest BCUT2D eigenvalue weighted by molar-refractivity contribution is 6.32. The number of hydrogen-bond acceptors (Lipinski definition) is 6. The average Bonchev–Trinajstić information content (AvgIpc) is 2.83.